The van der Waals surface area contributed by atoms with Gasteiger partial charge in [-0.25, -0.2) is 4.99 Å². The lowest BCUT2D eigenvalue weighted by molar-refractivity contribution is 0.845. The highest BCUT2D eigenvalue weighted by Gasteiger charge is 2.12. The molecule has 0 bridgehead atoms. The highest BCUT2D eigenvalue weighted by atomic mass is 32.1. The fraction of sp³-hybridized carbons (Fsp3) is 0.333. The molecule has 2 rings (SSSR count). The molecule has 1 aliphatic rings. The van der Waals surface area contributed by atoms with Gasteiger partial charge in [-0.2, -0.15) is 0 Å². The number of fused-ring (bicyclic) bond motifs is 1. The van der Waals surface area contributed by atoms with Crippen molar-refractivity contribution in [2.75, 3.05) is 0 Å². The zero-order chi connectivity index (χ0) is 10.1. The topological polar surface area (TPSA) is 12.4 Å². The number of aryl methyl sites for hydroxylation is 1. The van der Waals surface area contributed by atoms with Gasteiger partial charge in [0.15, 0.2) is 0 Å². The molecule has 1 aromatic rings. The van der Waals surface area contributed by atoms with E-state index in [1.807, 2.05) is 0 Å². The molecule has 0 radical (unpaired) electrons. The van der Waals surface area contributed by atoms with Crippen LogP contribution >= 0.6 is 12.2 Å². The number of hydrogen-bond acceptors (Lipinski definition) is 1. The zero-order valence-corrected chi connectivity index (χ0v) is 9.27. The van der Waals surface area contributed by atoms with Crippen LogP contribution < -0.4 is 10.6 Å². The van der Waals surface area contributed by atoms with Crippen molar-refractivity contribution in [3.63, 3.8) is 0 Å². The fourth-order valence-electron chi connectivity index (χ4n) is 1.74. The highest BCUT2D eigenvalue weighted by Crippen LogP contribution is 2.10. The second-order valence-corrected chi connectivity index (χ2v) is 4.06. The SMILES string of the molecule is CCC1C=c2cccc(C)c2=NC1=S. The van der Waals surface area contributed by atoms with E-state index in [-0.39, 0.29) is 0 Å². The minimum Gasteiger partial charge on any atom is -0.240 e. The fourth-order valence-corrected chi connectivity index (χ4v) is 2.07. The van der Waals surface area contributed by atoms with Crippen LogP contribution in [0.5, 0.6) is 0 Å². The Morgan fingerprint density at radius 3 is 2.93 bits per heavy atom. The van der Waals surface area contributed by atoms with Gasteiger partial charge >= 0.3 is 0 Å². The summed E-state index contributed by atoms with van der Waals surface area (Å²) in [4.78, 5) is 5.33. The minimum atomic E-state index is 0.347. The lowest BCUT2D eigenvalue weighted by Gasteiger charge is -2.12. The maximum Gasteiger partial charge on any atom is 0.111 e. The van der Waals surface area contributed by atoms with Gasteiger partial charge < -0.3 is 0 Å². The first kappa shape index (κ1) is 9.53. The summed E-state index contributed by atoms with van der Waals surface area (Å²) in [5.74, 6) is 0.347. The van der Waals surface area contributed by atoms with Crippen molar-refractivity contribution in [1.29, 1.82) is 0 Å². The Kier molecular flexibility index (Phi) is 2.46. The van der Waals surface area contributed by atoms with Crippen LogP contribution in [0.1, 0.15) is 18.9 Å². The van der Waals surface area contributed by atoms with Crippen molar-refractivity contribution in [2.45, 2.75) is 20.3 Å². The standard InChI is InChI=1S/C12H13NS/c1-3-9-7-10-6-4-5-8(2)11(10)13-12(9)14/h4-7,9H,3H2,1-2H3. The van der Waals surface area contributed by atoms with E-state index in [0.29, 0.717) is 5.92 Å². The summed E-state index contributed by atoms with van der Waals surface area (Å²) in [5.41, 5.74) is 1.20. The molecule has 1 unspecified atom stereocenters. The predicted octanol–water partition coefficient (Wildman–Crippen LogP) is 1.76. The Morgan fingerprint density at radius 1 is 1.43 bits per heavy atom. The van der Waals surface area contributed by atoms with Crippen LogP contribution in [0.25, 0.3) is 6.08 Å². The molecule has 1 nitrogen and oxygen atoms in total. The molecule has 0 saturated heterocycles. The van der Waals surface area contributed by atoms with Crippen LogP contribution in [0.2, 0.25) is 0 Å². The first-order valence-electron chi connectivity index (χ1n) is 4.92. The first-order valence-corrected chi connectivity index (χ1v) is 5.33. The second kappa shape index (κ2) is 3.62. The first-order chi connectivity index (χ1) is 6.72. The molecule has 2 heteroatoms. The number of nitrogens with zero attached hydrogens (tertiary/aromatic N) is 1. The summed E-state index contributed by atoms with van der Waals surface area (Å²) in [6, 6.07) is 6.25. The van der Waals surface area contributed by atoms with Crippen LogP contribution in [0, 0.1) is 12.8 Å². The third-order valence-corrected chi connectivity index (χ3v) is 3.02. The molecule has 0 aliphatic carbocycles. The van der Waals surface area contributed by atoms with E-state index in [1.165, 1.54) is 10.8 Å². The molecule has 0 N–H and O–H groups in total. The van der Waals surface area contributed by atoms with E-state index in [9.17, 15) is 0 Å². The van der Waals surface area contributed by atoms with E-state index >= 15 is 0 Å². The van der Waals surface area contributed by atoms with Crippen molar-refractivity contribution in [2.24, 2.45) is 10.9 Å². The molecule has 0 fully saturated rings. The van der Waals surface area contributed by atoms with Crippen molar-refractivity contribution < 1.29 is 0 Å². The number of benzene rings is 1. The maximum atomic E-state index is 5.26. The van der Waals surface area contributed by atoms with Gasteiger partial charge in [0.2, 0.25) is 0 Å². The monoisotopic (exact) mass is 203 g/mol. The summed E-state index contributed by atoms with van der Waals surface area (Å²) in [5, 5.41) is 2.28. The Morgan fingerprint density at radius 2 is 2.21 bits per heavy atom. The van der Waals surface area contributed by atoms with Crippen molar-refractivity contribution >= 4 is 23.3 Å². The van der Waals surface area contributed by atoms with Crippen LogP contribution in [-0.2, 0) is 0 Å². The summed E-state index contributed by atoms with van der Waals surface area (Å²) in [7, 11) is 0. The molecular formula is C12H13NS. The quantitative estimate of drug-likeness (QED) is 0.634. The molecule has 1 heterocycles. The molecule has 14 heavy (non-hydrogen) atoms. The van der Waals surface area contributed by atoms with Gasteiger partial charge in [-0.15, -0.1) is 0 Å². The Balaban J connectivity index is 2.73. The van der Waals surface area contributed by atoms with Gasteiger partial charge in [0.1, 0.15) is 4.99 Å². The number of thiocarbonyl (C=S) groups is 1. The molecule has 0 spiro atoms. The van der Waals surface area contributed by atoms with Gasteiger partial charge in [0, 0.05) is 5.92 Å². The molecule has 0 amide bonds. The van der Waals surface area contributed by atoms with Gasteiger partial charge in [-0.1, -0.05) is 43.4 Å². The van der Waals surface area contributed by atoms with Crippen LogP contribution in [0.3, 0.4) is 0 Å². The lowest BCUT2D eigenvalue weighted by Crippen LogP contribution is -2.34. The van der Waals surface area contributed by atoms with E-state index < -0.39 is 0 Å². The number of hydrogen-bond donors (Lipinski definition) is 0. The van der Waals surface area contributed by atoms with Gasteiger partial charge in [-0.05, 0) is 24.1 Å². The van der Waals surface area contributed by atoms with E-state index in [0.717, 1.165) is 16.8 Å². The van der Waals surface area contributed by atoms with E-state index in [4.69, 9.17) is 12.2 Å². The molecule has 0 saturated carbocycles. The predicted molar refractivity (Wildman–Crippen MR) is 62.8 cm³/mol. The van der Waals surface area contributed by atoms with Crippen LogP contribution in [0.4, 0.5) is 0 Å². The molecule has 1 aromatic carbocycles. The average molecular weight is 203 g/mol. The third-order valence-electron chi connectivity index (χ3n) is 2.63. The van der Waals surface area contributed by atoms with Crippen LogP contribution in [-0.4, -0.2) is 4.99 Å². The maximum absolute atomic E-state index is 5.26. The van der Waals surface area contributed by atoms with Gasteiger partial charge in [-0.3, -0.25) is 0 Å². The minimum absolute atomic E-state index is 0.347. The molecule has 1 aliphatic heterocycles. The Labute approximate surface area is 89.2 Å². The Bertz CT molecular complexity index is 488. The van der Waals surface area contributed by atoms with Crippen molar-refractivity contribution in [3.05, 3.63) is 34.3 Å². The molecule has 1 atom stereocenters. The summed E-state index contributed by atoms with van der Waals surface area (Å²) < 4.78 is 0. The molecular weight excluding hydrogens is 190 g/mol. The van der Waals surface area contributed by atoms with E-state index in [2.05, 4.69) is 43.1 Å². The largest absolute Gasteiger partial charge is 0.240 e. The summed E-state index contributed by atoms with van der Waals surface area (Å²) in [6.07, 6.45) is 3.27. The van der Waals surface area contributed by atoms with Crippen LogP contribution in [0.15, 0.2) is 23.2 Å². The smallest absolute Gasteiger partial charge is 0.111 e. The normalized spacial score (nSPS) is 19.6. The average Bonchev–Trinajstić information content (AvgIpc) is 2.19. The van der Waals surface area contributed by atoms with Gasteiger partial charge in [0.05, 0.1) is 5.36 Å². The molecule has 0 aromatic heterocycles. The van der Waals surface area contributed by atoms with E-state index in [1.54, 1.807) is 0 Å². The van der Waals surface area contributed by atoms with Crippen molar-refractivity contribution in [1.82, 2.24) is 0 Å². The molecule has 72 valence electrons. The number of rotatable bonds is 1. The van der Waals surface area contributed by atoms with Crippen molar-refractivity contribution in [3.8, 4) is 0 Å². The summed E-state index contributed by atoms with van der Waals surface area (Å²) in [6.45, 7) is 4.22. The second-order valence-electron chi connectivity index (χ2n) is 3.64. The Hall–Kier alpha value is -1.02. The highest BCUT2D eigenvalue weighted by molar-refractivity contribution is 7.80. The number of para-hydroxylation sites is 1. The lowest BCUT2D eigenvalue weighted by atomic mass is 10.0. The van der Waals surface area contributed by atoms with Gasteiger partial charge in [0.25, 0.3) is 0 Å². The third kappa shape index (κ3) is 1.50. The summed E-state index contributed by atoms with van der Waals surface area (Å²) >= 11 is 5.26. The zero-order valence-electron chi connectivity index (χ0n) is 8.45.